The number of aromatic nitrogens is 2. The first-order valence-corrected chi connectivity index (χ1v) is 8.48. The average molecular weight is 336 g/mol. The Morgan fingerprint density at radius 1 is 1.42 bits per heavy atom. The smallest absolute Gasteiger partial charge is 0.409 e. The van der Waals surface area contributed by atoms with Crippen molar-refractivity contribution in [1.82, 2.24) is 19.8 Å². The monoisotopic (exact) mass is 336 g/mol. The zero-order valence-electron chi connectivity index (χ0n) is 14.8. The SMILES string of the molecule is CCOC(=O)N1CCC(Nc2nccc(NCCN(C)C)n2)CC1. The molecule has 8 nitrogen and oxygen atoms in total. The molecule has 1 aromatic rings. The molecule has 8 heteroatoms. The number of amides is 1. The van der Waals surface area contributed by atoms with Crippen LogP contribution in [0.5, 0.6) is 0 Å². The van der Waals surface area contributed by atoms with E-state index in [0.29, 0.717) is 25.6 Å². The van der Waals surface area contributed by atoms with Gasteiger partial charge in [0.15, 0.2) is 0 Å². The first-order valence-electron chi connectivity index (χ1n) is 8.48. The number of likely N-dealkylation sites (tertiary alicyclic amines) is 1. The van der Waals surface area contributed by atoms with Crippen LogP contribution in [0.3, 0.4) is 0 Å². The number of piperidine rings is 1. The van der Waals surface area contributed by atoms with Crippen LogP contribution in [0.4, 0.5) is 16.6 Å². The van der Waals surface area contributed by atoms with E-state index in [2.05, 4.69) is 25.5 Å². The molecule has 1 aliphatic rings. The number of hydrogen-bond donors (Lipinski definition) is 2. The van der Waals surface area contributed by atoms with Crippen LogP contribution in [0.2, 0.25) is 0 Å². The molecule has 1 aromatic heterocycles. The Morgan fingerprint density at radius 2 is 2.17 bits per heavy atom. The van der Waals surface area contributed by atoms with E-state index in [-0.39, 0.29) is 12.1 Å². The predicted octanol–water partition coefficient (Wildman–Crippen LogP) is 1.48. The number of likely N-dealkylation sites (N-methyl/N-ethyl adjacent to an activating group) is 1. The van der Waals surface area contributed by atoms with Gasteiger partial charge >= 0.3 is 6.09 Å². The quantitative estimate of drug-likeness (QED) is 0.780. The van der Waals surface area contributed by atoms with Gasteiger partial charge in [-0.1, -0.05) is 0 Å². The highest BCUT2D eigenvalue weighted by Crippen LogP contribution is 2.15. The summed E-state index contributed by atoms with van der Waals surface area (Å²) in [5.41, 5.74) is 0. The summed E-state index contributed by atoms with van der Waals surface area (Å²) in [4.78, 5) is 24.3. The summed E-state index contributed by atoms with van der Waals surface area (Å²) in [6.07, 6.45) is 3.25. The van der Waals surface area contributed by atoms with Gasteiger partial charge in [-0.3, -0.25) is 0 Å². The van der Waals surface area contributed by atoms with Crippen molar-refractivity contribution in [1.29, 1.82) is 0 Å². The molecule has 134 valence electrons. The lowest BCUT2D eigenvalue weighted by Crippen LogP contribution is -2.42. The number of nitrogens with zero attached hydrogens (tertiary/aromatic N) is 4. The first-order chi connectivity index (χ1) is 11.6. The number of nitrogens with one attached hydrogen (secondary N) is 2. The largest absolute Gasteiger partial charge is 0.450 e. The lowest BCUT2D eigenvalue weighted by Gasteiger charge is -2.31. The molecule has 0 bridgehead atoms. The van der Waals surface area contributed by atoms with Crippen LogP contribution in [0.25, 0.3) is 0 Å². The van der Waals surface area contributed by atoms with Gasteiger partial charge in [-0.25, -0.2) is 9.78 Å². The van der Waals surface area contributed by atoms with Gasteiger partial charge in [0.2, 0.25) is 5.95 Å². The molecule has 2 N–H and O–H groups in total. The van der Waals surface area contributed by atoms with Crippen molar-refractivity contribution in [2.75, 3.05) is 57.5 Å². The van der Waals surface area contributed by atoms with Crippen molar-refractivity contribution < 1.29 is 9.53 Å². The fraction of sp³-hybridized carbons (Fsp3) is 0.688. The summed E-state index contributed by atoms with van der Waals surface area (Å²) >= 11 is 0. The molecule has 24 heavy (non-hydrogen) atoms. The van der Waals surface area contributed by atoms with Crippen molar-refractivity contribution in [3.05, 3.63) is 12.3 Å². The van der Waals surface area contributed by atoms with Crippen LogP contribution in [0.1, 0.15) is 19.8 Å². The van der Waals surface area contributed by atoms with Crippen molar-refractivity contribution in [3.8, 4) is 0 Å². The molecular formula is C16H28N6O2. The van der Waals surface area contributed by atoms with E-state index in [9.17, 15) is 4.79 Å². The van der Waals surface area contributed by atoms with Crippen LogP contribution in [-0.4, -0.2) is 78.8 Å². The molecule has 0 radical (unpaired) electrons. The van der Waals surface area contributed by atoms with Crippen LogP contribution in [-0.2, 0) is 4.74 Å². The molecule has 0 saturated carbocycles. The Bertz CT molecular complexity index is 517. The third-order valence-corrected chi connectivity index (χ3v) is 3.87. The molecule has 0 spiro atoms. The summed E-state index contributed by atoms with van der Waals surface area (Å²) in [6.45, 7) is 5.40. The summed E-state index contributed by atoms with van der Waals surface area (Å²) < 4.78 is 5.04. The van der Waals surface area contributed by atoms with Gasteiger partial charge in [-0.05, 0) is 39.9 Å². The van der Waals surface area contributed by atoms with Crippen LogP contribution in [0.15, 0.2) is 12.3 Å². The second-order valence-electron chi connectivity index (χ2n) is 6.10. The maximum atomic E-state index is 11.7. The van der Waals surface area contributed by atoms with Crippen LogP contribution >= 0.6 is 0 Å². The van der Waals surface area contributed by atoms with Gasteiger partial charge in [0.1, 0.15) is 5.82 Å². The van der Waals surface area contributed by atoms with Gasteiger partial charge in [0.25, 0.3) is 0 Å². The summed E-state index contributed by atoms with van der Waals surface area (Å²) in [6, 6.07) is 2.14. The Balaban J connectivity index is 1.79. The Hall–Kier alpha value is -2.09. The highest BCUT2D eigenvalue weighted by Gasteiger charge is 2.23. The zero-order valence-corrected chi connectivity index (χ0v) is 14.8. The second-order valence-corrected chi connectivity index (χ2v) is 6.10. The predicted molar refractivity (Wildman–Crippen MR) is 94.3 cm³/mol. The maximum Gasteiger partial charge on any atom is 0.409 e. The molecule has 1 aliphatic heterocycles. The Kier molecular flexibility index (Phi) is 7.05. The molecular weight excluding hydrogens is 308 g/mol. The van der Waals surface area contributed by atoms with Gasteiger partial charge in [0.05, 0.1) is 6.61 Å². The van der Waals surface area contributed by atoms with E-state index in [0.717, 1.165) is 31.7 Å². The molecule has 2 heterocycles. The van der Waals surface area contributed by atoms with Crippen molar-refractivity contribution in [2.24, 2.45) is 0 Å². The third kappa shape index (κ3) is 5.84. The number of rotatable bonds is 7. The Labute approximate surface area is 143 Å². The second kappa shape index (κ2) is 9.27. The zero-order chi connectivity index (χ0) is 17.4. The van der Waals surface area contributed by atoms with E-state index >= 15 is 0 Å². The highest BCUT2D eigenvalue weighted by atomic mass is 16.6. The summed E-state index contributed by atoms with van der Waals surface area (Å²) in [5, 5.41) is 6.65. The minimum absolute atomic E-state index is 0.223. The van der Waals surface area contributed by atoms with Crippen molar-refractivity contribution in [2.45, 2.75) is 25.8 Å². The van der Waals surface area contributed by atoms with Gasteiger partial charge < -0.3 is 25.2 Å². The number of carbonyl (C=O) groups is 1. The van der Waals surface area contributed by atoms with E-state index < -0.39 is 0 Å². The Morgan fingerprint density at radius 3 is 2.83 bits per heavy atom. The minimum Gasteiger partial charge on any atom is -0.450 e. The van der Waals surface area contributed by atoms with Gasteiger partial charge in [0, 0.05) is 38.4 Å². The van der Waals surface area contributed by atoms with Crippen LogP contribution < -0.4 is 10.6 Å². The van der Waals surface area contributed by atoms with Gasteiger partial charge in [-0.15, -0.1) is 0 Å². The fourth-order valence-electron chi connectivity index (χ4n) is 2.54. The topological polar surface area (TPSA) is 82.6 Å². The number of hydrogen-bond acceptors (Lipinski definition) is 7. The molecule has 1 amide bonds. The summed E-state index contributed by atoms with van der Waals surface area (Å²) in [7, 11) is 4.08. The molecule has 2 rings (SSSR count). The average Bonchev–Trinajstić information content (AvgIpc) is 2.56. The molecule has 0 unspecified atom stereocenters. The normalized spacial score (nSPS) is 15.4. The lowest BCUT2D eigenvalue weighted by molar-refractivity contribution is 0.0983. The van der Waals surface area contributed by atoms with E-state index in [4.69, 9.17) is 4.74 Å². The van der Waals surface area contributed by atoms with E-state index in [1.54, 1.807) is 11.1 Å². The minimum atomic E-state index is -0.223. The van der Waals surface area contributed by atoms with Gasteiger partial charge in [-0.2, -0.15) is 4.98 Å². The number of anilines is 2. The summed E-state index contributed by atoms with van der Waals surface area (Å²) in [5.74, 6) is 1.44. The standard InChI is InChI=1S/C16H28N6O2/c1-4-24-16(23)22-10-6-13(7-11-22)19-15-18-8-5-14(20-15)17-9-12-21(2)3/h5,8,13H,4,6-7,9-12H2,1-3H3,(H2,17,18,19,20). The number of ether oxygens (including phenoxy) is 1. The highest BCUT2D eigenvalue weighted by molar-refractivity contribution is 5.67. The van der Waals surface area contributed by atoms with Crippen LogP contribution in [0, 0.1) is 0 Å². The molecule has 0 aliphatic carbocycles. The van der Waals surface area contributed by atoms with Crippen molar-refractivity contribution >= 4 is 17.9 Å². The van der Waals surface area contributed by atoms with E-state index in [1.165, 1.54) is 0 Å². The molecule has 1 saturated heterocycles. The molecule has 1 fully saturated rings. The third-order valence-electron chi connectivity index (χ3n) is 3.87. The lowest BCUT2D eigenvalue weighted by atomic mass is 10.1. The van der Waals surface area contributed by atoms with E-state index in [1.807, 2.05) is 27.1 Å². The first kappa shape index (κ1) is 18.3. The fourth-order valence-corrected chi connectivity index (χ4v) is 2.54. The molecule has 0 atom stereocenters. The molecule has 0 aromatic carbocycles. The van der Waals surface area contributed by atoms with Crippen molar-refractivity contribution in [3.63, 3.8) is 0 Å². The maximum absolute atomic E-state index is 11.7. The number of carbonyl (C=O) groups excluding carboxylic acids is 1.